The van der Waals surface area contributed by atoms with Crippen LogP contribution in [0.2, 0.25) is 0 Å². The molecular weight excluding hydrogens is 240 g/mol. The van der Waals surface area contributed by atoms with Gasteiger partial charge in [-0.1, -0.05) is 18.9 Å². The molecule has 0 saturated heterocycles. The largest absolute Gasteiger partial charge is 0.399 e. The maximum atomic E-state index is 12.1. The quantitative estimate of drug-likeness (QED) is 0.710. The highest BCUT2D eigenvalue weighted by Crippen LogP contribution is 2.40. The summed E-state index contributed by atoms with van der Waals surface area (Å²) in [7, 11) is 0. The summed E-state index contributed by atoms with van der Waals surface area (Å²) in [5.41, 5.74) is 6.95. The minimum Gasteiger partial charge on any atom is -0.399 e. The zero-order valence-electron chi connectivity index (χ0n) is 11.2. The molecule has 1 fully saturated rings. The van der Waals surface area contributed by atoms with Gasteiger partial charge in [0.05, 0.1) is 0 Å². The number of carbonyl (C=O) groups is 1. The van der Waals surface area contributed by atoms with Gasteiger partial charge in [0.1, 0.15) is 0 Å². The van der Waals surface area contributed by atoms with Gasteiger partial charge in [0.15, 0.2) is 0 Å². The first kappa shape index (κ1) is 13.9. The molecular formula is C15H22N2O2. The van der Waals surface area contributed by atoms with E-state index in [2.05, 4.69) is 5.32 Å². The van der Waals surface area contributed by atoms with Crippen molar-refractivity contribution in [1.29, 1.82) is 0 Å². The number of nitrogen functional groups attached to an aromatic ring is 1. The molecule has 19 heavy (non-hydrogen) atoms. The fourth-order valence-corrected chi connectivity index (χ4v) is 2.93. The van der Waals surface area contributed by atoms with E-state index in [-0.39, 0.29) is 17.9 Å². The molecule has 0 bridgehead atoms. The Kier molecular flexibility index (Phi) is 4.43. The molecule has 0 unspecified atom stereocenters. The van der Waals surface area contributed by atoms with Gasteiger partial charge in [0.2, 0.25) is 0 Å². The van der Waals surface area contributed by atoms with Crippen molar-refractivity contribution in [3.8, 4) is 0 Å². The standard InChI is InChI=1S/C15H22N2O2/c16-13-5-3-4-12(10-13)14(19)17-11-15(8-9-18)6-1-2-7-15/h3-5,10,18H,1-2,6-9,11,16H2,(H,17,19). The molecule has 1 aliphatic rings. The van der Waals surface area contributed by atoms with Crippen molar-refractivity contribution in [3.63, 3.8) is 0 Å². The third-order valence-corrected chi connectivity index (χ3v) is 4.08. The van der Waals surface area contributed by atoms with E-state index in [0.29, 0.717) is 17.8 Å². The lowest BCUT2D eigenvalue weighted by Crippen LogP contribution is -2.36. The van der Waals surface area contributed by atoms with Gasteiger partial charge < -0.3 is 16.2 Å². The highest BCUT2D eigenvalue weighted by molar-refractivity contribution is 5.95. The molecule has 4 nitrogen and oxygen atoms in total. The van der Waals surface area contributed by atoms with Gasteiger partial charge in [-0.3, -0.25) is 4.79 Å². The maximum absolute atomic E-state index is 12.1. The predicted octanol–water partition coefficient (Wildman–Crippen LogP) is 1.94. The van der Waals surface area contributed by atoms with Crippen molar-refractivity contribution in [2.24, 2.45) is 5.41 Å². The first-order chi connectivity index (χ1) is 9.15. The predicted molar refractivity (Wildman–Crippen MR) is 75.8 cm³/mol. The van der Waals surface area contributed by atoms with Crippen LogP contribution in [-0.2, 0) is 0 Å². The fourth-order valence-electron chi connectivity index (χ4n) is 2.93. The third-order valence-electron chi connectivity index (χ3n) is 4.08. The molecule has 104 valence electrons. The molecule has 1 amide bonds. The lowest BCUT2D eigenvalue weighted by molar-refractivity contribution is 0.0916. The molecule has 0 heterocycles. The van der Waals surface area contributed by atoms with Crippen molar-refractivity contribution < 1.29 is 9.90 Å². The monoisotopic (exact) mass is 262 g/mol. The van der Waals surface area contributed by atoms with Crippen LogP contribution in [0.3, 0.4) is 0 Å². The second-order valence-corrected chi connectivity index (χ2v) is 5.49. The third kappa shape index (κ3) is 3.47. The van der Waals surface area contributed by atoms with Gasteiger partial charge in [-0.15, -0.1) is 0 Å². The molecule has 0 atom stereocenters. The number of aliphatic hydroxyl groups excluding tert-OH is 1. The van der Waals surface area contributed by atoms with Gasteiger partial charge in [-0.25, -0.2) is 0 Å². The first-order valence-corrected chi connectivity index (χ1v) is 6.90. The zero-order valence-corrected chi connectivity index (χ0v) is 11.2. The number of rotatable bonds is 5. The molecule has 0 radical (unpaired) electrons. The number of anilines is 1. The van der Waals surface area contributed by atoms with Crippen molar-refractivity contribution in [2.45, 2.75) is 32.1 Å². The van der Waals surface area contributed by atoms with Crippen molar-refractivity contribution in [2.75, 3.05) is 18.9 Å². The zero-order chi connectivity index (χ0) is 13.7. The topological polar surface area (TPSA) is 75.4 Å². The van der Waals surface area contributed by atoms with Crippen molar-refractivity contribution in [1.82, 2.24) is 5.32 Å². The second-order valence-electron chi connectivity index (χ2n) is 5.49. The number of aliphatic hydroxyl groups is 1. The summed E-state index contributed by atoms with van der Waals surface area (Å²) in [6.07, 6.45) is 5.32. The number of nitrogens with two attached hydrogens (primary N) is 1. The van der Waals surface area contributed by atoms with E-state index < -0.39 is 0 Å². The first-order valence-electron chi connectivity index (χ1n) is 6.90. The summed E-state index contributed by atoms with van der Waals surface area (Å²) in [5.74, 6) is -0.0866. The van der Waals surface area contributed by atoms with Crippen LogP contribution in [0.1, 0.15) is 42.5 Å². The Morgan fingerprint density at radius 1 is 1.37 bits per heavy atom. The van der Waals surface area contributed by atoms with E-state index >= 15 is 0 Å². The summed E-state index contributed by atoms with van der Waals surface area (Å²) >= 11 is 0. The highest BCUT2D eigenvalue weighted by Gasteiger charge is 2.33. The van der Waals surface area contributed by atoms with E-state index in [4.69, 9.17) is 5.73 Å². The number of nitrogens with one attached hydrogen (secondary N) is 1. The van der Waals surface area contributed by atoms with Crippen LogP contribution >= 0.6 is 0 Å². The van der Waals surface area contributed by atoms with Crippen LogP contribution < -0.4 is 11.1 Å². The van der Waals surface area contributed by atoms with E-state index in [1.54, 1.807) is 24.3 Å². The minimum atomic E-state index is -0.0866. The van der Waals surface area contributed by atoms with Crippen LogP contribution in [0.4, 0.5) is 5.69 Å². The van der Waals surface area contributed by atoms with Gasteiger partial charge >= 0.3 is 0 Å². The van der Waals surface area contributed by atoms with Crippen LogP contribution in [0.25, 0.3) is 0 Å². The average Bonchev–Trinajstić information content (AvgIpc) is 2.85. The molecule has 1 aromatic carbocycles. The Hall–Kier alpha value is -1.55. The summed E-state index contributed by atoms with van der Waals surface area (Å²) in [6, 6.07) is 6.99. The molecule has 0 spiro atoms. The lowest BCUT2D eigenvalue weighted by atomic mass is 9.83. The summed E-state index contributed by atoms with van der Waals surface area (Å²) in [4.78, 5) is 12.1. The van der Waals surface area contributed by atoms with Crippen LogP contribution in [-0.4, -0.2) is 24.2 Å². The molecule has 4 N–H and O–H groups in total. The van der Waals surface area contributed by atoms with E-state index in [0.717, 1.165) is 19.3 Å². The SMILES string of the molecule is Nc1cccc(C(=O)NCC2(CCO)CCCC2)c1. The van der Waals surface area contributed by atoms with E-state index in [1.165, 1.54) is 12.8 Å². The summed E-state index contributed by atoms with van der Waals surface area (Å²) in [5, 5.41) is 12.2. The average molecular weight is 262 g/mol. The lowest BCUT2D eigenvalue weighted by Gasteiger charge is -2.28. The van der Waals surface area contributed by atoms with E-state index in [9.17, 15) is 9.90 Å². The van der Waals surface area contributed by atoms with Crippen LogP contribution in [0.15, 0.2) is 24.3 Å². The highest BCUT2D eigenvalue weighted by atomic mass is 16.3. The van der Waals surface area contributed by atoms with Gasteiger partial charge in [0, 0.05) is 24.4 Å². The molecule has 1 saturated carbocycles. The van der Waals surface area contributed by atoms with Gasteiger partial charge in [-0.05, 0) is 42.9 Å². The summed E-state index contributed by atoms with van der Waals surface area (Å²) in [6.45, 7) is 0.829. The Balaban J connectivity index is 1.95. The Morgan fingerprint density at radius 3 is 2.74 bits per heavy atom. The fraction of sp³-hybridized carbons (Fsp3) is 0.533. The second kappa shape index (κ2) is 6.06. The molecule has 2 rings (SSSR count). The number of carbonyl (C=O) groups excluding carboxylic acids is 1. The normalized spacial score (nSPS) is 17.3. The van der Waals surface area contributed by atoms with Crippen LogP contribution in [0, 0.1) is 5.41 Å². The van der Waals surface area contributed by atoms with Crippen molar-refractivity contribution in [3.05, 3.63) is 29.8 Å². The smallest absolute Gasteiger partial charge is 0.251 e. The summed E-state index contributed by atoms with van der Waals surface area (Å²) < 4.78 is 0. The Morgan fingerprint density at radius 2 is 2.11 bits per heavy atom. The minimum absolute atomic E-state index is 0.0866. The van der Waals surface area contributed by atoms with Crippen LogP contribution in [0.5, 0.6) is 0 Å². The number of hydrogen-bond acceptors (Lipinski definition) is 3. The number of hydrogen-bond donors (Lipinski definition) is 3. The Bertz CT molecular complexity index is 440. The van der Waals surface area contributed by atoms with Gasteiger partial charge in [0.25, 0.3) is 5.91 Å². The molecule has 1 aromatic rings. The van der Waals surface area contributed by atoms with E-state index in [1.807, 2.05) is 0 Å². The molecule has 0 aromatic heterocycles. The number of benzene rings is 1. The molecule has 4 heteroatoms. The Labute approximate surface area is 114 Å². The maximum Gasteiger partial charge on any atom is 0.251 e. The van der Waals surface area contributed by atoms with Gasteiger partial charge in [-0.2, -0.15) is 0 Å². The van der Waals surface area contributed by atoms with Crippen molar-refractivity contribution >= 4 is 11.6 Å². The molecule has 1 aliphatic carbocycles. The molecule has 0 aliphatic heterocycles. The number of amides is 1.